The van der Waals surface area contributed by atoms with Crippen LogP contribution in [0.4, 0.5) is 5.95 Å². The lowest BCUT2D eigenvalue weighted by molar-refractivity contribution is 0.211. The van der Waals surface area contributed by atoms with Crippen LogP contribution in [0.2, 0.25) is 0 Å². The van der Waals surface area contributed by atoms with Gasteiger partial charge < -0.3 is 4.90 Å². The fraction of sp³-hybridized carbons (Fsp3) is 0.385. The van der Waals surface area contributed by atoms with E-state index >= 15 is 0 Å². The van der Waals surface area contributed by atoms with Crippen molar-refractivity contribution in [2.75, 3.05) is 31.1 Å². The number of anilines is 1. The first-order valence-corrected chi connectivity index (χ1v) is 11.2. The molecule has 162 valence electrons. The second-order valence-corrected chi connectivity index (χ2v) is 8.80. The first-order chi connectivity index (χ1) is 15.0. The zero-order chi connectivity index (χ0) is 21.8. The molecule has 0 radical (unpaired) electrons. The summed E-state index contributed by atoms with van der Waals surface area (Å²) in [6.45, 7) is 9.69. The van der Waals surface area contributed by atoms with E-state index in [0.717, 1.165) is 43.9 Å². The van der Waals surface area contributed by atoms with Crippen LogP contribution >= 0.6 is 0 Å². The van der Waals surface area contributed by atoms with Crippen LogP contribution in [0.15, 0.2) is 65.5 Å². The van der Waals surface area contributed by atoms with E-state index in [1.165, 1.54) is 11.1 Å². The summed E-state index contributed by atoms with van der Waals surface area (Å²) in [4.78, 5) is 25.2. The summed E-state index contributed by atoms with van der Waals surface area (Å²) < 4.78 is 0. The predicted octanol–water partition coefficient (Wildman–Crippen LogP) is 4.19. The number of hydrogen-bond donors (Lipinski definition) is 1. The molecule has 1 aliphatic rings. The number of piperazine rings is 1. The standard InChI is InChI=1S/C26H32N4O/c1-19(2)18-23-20(3)27-26(28-25(23)31)30-16-14-29(15-17-30)24(21-10-6-4-7-11-21)22-12-8-5-9-13-22/h4-13,19,24H,14-18H2,1-3H3,(H,27,28,31). The summed E-state index contributed by atoms with van der Waals surface area (Å²) in [6.07, 6.45) is 0.762. The zero-order valence-electron chi connectivity index (χ0n) is 18.7. The minimum Gasteiger partial charge on any atom is -0.340 e. The molecule has 5 nitrogen and oxygen atoms in total. The molecule has 2 aromatic carbocycles. The number of aromatic amines is 1. The zero-order valence-corrected chi connectivity index (χ0v) is 18.7. The van der Waals surface area contributed by atoms with Crippen LogP contribution in [0.1, 0.15) is 42.3 Å². The van der Waals surface area contributed by atoms with Gasteiger partial charge in [0.2, 0.25) is 5.95 Å². The van der Waals surface area contributed by atoms with Crippen molar-refractivity contribution in [3.63, 3.8) is 0 Å². The number of aromatic nitrogens is 2. The molecule has 1 aromatic heterocycles. The van der Waals surface area contributed by atoms with E-state index in [0.29, 0.717) is 11.9 Å². The van der Waals surface area contributed by atoms with Crippen LogP contribution < -0.4 is 10.5 Å². The SMILES string of the molecule is Cc1nc(N2CCN(C(c3ccccc3)c3ccccc3)CC2)[nH]c(=O)c1CC(C)C. The maximum absolute atomic E-state index is 12.6. The van der Waals surface area contributed by atoms with Gasteiger partial charge in [0.05, 0.1) is 6.04 Å². The average Bonchev–Trinajstić information content (AvgIpc) is 2.78. The van der Waals surface area contributed by atoms with Gasteiger partial charge >= 0.3 is 0 Å². The van der Waals surface area contributed by atoms with E-state index in [1.807, 2.05) is 6.92 Å². The number of nitrogens with one attached hydrogen (secondary N) is 1. The van der Waals surface area contributed by atoms with Gasteiger partial charge in [-0.15, -0.1) is 0 Å². The third kappa shape index (κ3) is 4.88. The molecule has 0 spiro atoms. The van der Waals surface area contributed by atoms with Crippen LogP contribution in [0.5, 0.6) is 0 Å². The highest BCUT2D eigenvalue weighted by atomic mass is 16.1. The number of nitrogens with zero attached hydrogens (tertiary/aromatic N) is 3. The molecule has 31 heavy (non-hydrogen) atoms. The van der Waals surface area contributed by atoms with Gasteiger partial charge in [-0.3, -0.25) is 14.7 Å². The summed E-state index contributed by atoms with van der Waals surface area (Å²) in [7, 11) is 0. The quantitative estimate of drug-likeness (QED) is 0.655. The maximum atomic E-state index is 12.6. The lowest BCUT2D eigenvalue weighted by Gasteiger charge is -2.40. The highest BCUT2D eigenvalue weighted by Gasteiger charge is 2.27. The molecule has 1 saturated heterocycles. The lowest BCUT2D eigenvalue weighted by atomic mass is 9.96. The van der Waals surface area contributed by atoms with Gasteiger partial charge in [0.1, 0.15) is 0 Å². The largest absolute Gasteiger partial charge is 0.340 e. The predicted molar refractivity (Wildman–Crippen MR) is 127 cm³/mol. The van der Waals surface area contributed by atoms with Crippen LogP contribution in [-0.2, 0) is 6.42 Å². The van der Waals surface area contributed by atoms with Gasteiger partial charge in [-0.25, -0.2) is 4.98 Å². The van der Waals surface area contributed by atoms with Crippen molar-refractivity contribution in [3.05, 3.63) is 93.4 Å². The molecule has 1 N–H and O–H groups in total. The summed E-state index contributed by atoms with van der Waals surface area (Å²) in [5.74, 6) is 1.13. The fourth-order valence-electron chi connectivity index (χ4n) is 4.47. The highest BCUT2D eigenvalue weighted by Crippen LogP contribution is 2.29. The Balaban J connectivity index is 1.53. The van der Waals surface area contributed by atoms with Crippen LogP contribution in [0.25, 0.3) is 0 Å². The molecule has 5 heteroatoms. The van der Waals surface area contributed by atoms with Gasteiger partial charge in [0.15, 0.2) is 0 Å². The third-order valence-electron chi connectivity index (χ3n) is 6.03. The van der Waals surface area contributed by atoms with Gasteiger partial charge in [0, 0.05) is 37.4 Å². The first kappa shape index (κ1) is 21.3. The smallest absolute Gasteiger partial charge is 0.255 e. The topological polar surface area (TPSA) is 52.2 Å². The Morgan fingerprint density at radius 2 is 1.45 bits per heavy atom. The van der Waals surface area contributed by atoms with E-state index in [1.54, 1.807) is 0 Å². The Kier molecular flexibility index (Phi) is 6.52. The van der Waals surface area contributed by atoms with E-state index in [-0.39, 0.29) is 11.6 Å². The Hall–Kier alpha value is -2.92. The number of benzene rings is 2. The summed E-state index contributed by atoms with van der Waals surface area (Å²) >= 11 is 0. The molecule has 1 fully saturated rings. The molecule has 0 saturated carbocycles. The van der Waals surface area contributed by atoms with Crippen LogP contribution in [0.3, 0.4) is 0 Å². The number of rotatable bonds is 6. The van der Waals surface area contributed by atoms with E-state index < -0.39 is 0 Å². The second-order valence-electron chi connectivity index (χ2n) is 8.80. The Labute approximate surface area is 184 Å². The molecule has 0 atom stereocenters. The summed E-state index contributed by atoms with van der Waals surface area (Å²) in [6, 6.07) is 21.6. The molecule has 0 aliphatic carbocycles. The molecule has 2 heterocycles. The van der Waals surface area contributed by atoms with Gasteiger partial charge in [-0.1, -0.05) is 74.5 Å². The van der Waals surface area contributed by atoms with Gasteiger partial charge in [-0.2, -0.15) is 0 Å². The van der Waals surface area contributed by atoms with E-state index in [4.69, 9.17) is 4.98 Å². The molecule has 0 amide bonds. The fourth-order valence-corrected chi connectivity index (χ4v) is 4.47. The molecular weight excluding hydrogens is 384 g/mol. The molecule has 4 rings (SSSR count). The highest BCUT2D eigenvalue weighted by molar-refractivity contribution is 5.36. The summed E-state index contributed by atoms with van der Waals surface area (Å²) in [5, 5.41) is 0. The monoisotopic (exact) mass is 416 g/mol. The van der Waals surface area contributed by atoms with Crippen molar-refractivity contribution < 1.29 is 0 Å². The number of aryl methyl sites for hydroxylation is 1. The minimum absolute atomic E-state index is 0.00470. The first-order valence-electron chi connectivity index (χ1n) is 11.2. The van der Waals surface area contributed by atoms with Crippen molar-refractivity contribution in [2.45, 2.75) is 33.2 Å². The minimum atomic E-state index is 0.00470. The molecular formula is C26H32N4O. The van der Waals surface area contributed by atoms with E-state index in [9.17, 15) is 4.79 Å². The normalized spacial score (nSPS) is 15.1. The van der Waals surface area contributed by atoms with Gasteiger partial charge in [0.25, 0.3) is 5.56 Å². The summed E-state index contributed by atoms with van der Waals surface area (Å²) in [5.41, 5.74) is 4.28. The second kappa shape index (κ2) is 9.48. The van der Waals surface area contributed by atoms with Gasteiger partial charge in [-0.05, 0) is 30.4 Å². The van der Waals surface area contributed by atoms with Crippen LogP contribution in [-0.4, -0.2) is 41.0 Å². The third-order valence-corrected chi connectivity index (χ3v) is 6.03. The van der Waals surface area contributed by atoms with Crippen molar-refractivity contribution in [1.29, 1.82) is 0 Å². The number of hydrogen-bond acceptors (Lipinski definition) is 4. The van der Waals surface area contributed by atoms with Crippen molar-refractivity contribution in [2.24, 2.45) is 5.92 Å². The average molecular weight is 417 g/mol. The molecule has 0 bridgehead atoms. The Morgan fingerprint density at radius 1 is 0.903 bits per heavy atom. The van der Waals surface area contributed by atoms with Crippen LogP contribution in [0, 0.1) is 12.8 Å². The molecule has 3 aromatic rings. The Bertz CT molecular complexity index is 999. The maximum Gasteiger partial charge on any atom is 0.255 e. The molecule has 1 aliphatic heterocycles. The van der Waals surface area contributed by atoms with E-state index in [2.05, 4.69) is 89.3 Å². The van der Waals surface area contributed by atoms with Crippen molar-refractivity contribution in [3.8, 4) is 0 Å². The number of H-pyrrole nitrogens is 1. The van der Waals surface area contributed by atoms with Crippen molar-refractivity contribution in [1.82, 2.24) is 14.9 Å². The molecule has 0 unspecified atom stereocenters. The Morgan fingerprint density at radius 3 is 1.94 bits per heavy atom. The van der Waals surface area contributed by atoms with Crippen molar-refractivity contribution >= 4 is 5.95 Å². The lowest BCUT2D eigenvalue weighted by Crippen LogP contribution is -2.48.